The summed E-state index contributed by atoms with van der Waals surface area (Å²) < 4.78 is 0. The monoisotopic (exact) mass is 293 g/mol. The molecule has 0 saturated heterocycles. The minimum absolute atomic E-state index is 0.0404. The van der Waals surface area contributed by atoms with Gasteiger partial charge in [0.15, 0.2) is 0 Å². The Hall–Kier alpha value is -1.02. The van der Waals surface area contributed by atoms with Gasteiger partial charge in [0.1, 0.15) is 0 Å². The van der Waals surface area contributed by atoms with Crippen LogP contribution in [-0.4, -0.2) is 6.04 Å². The number of hydrogen-bond acceptors (Lipinski definition) is 1. The van der Waals surface area contributed by atoms with Crippen LogP contribution in [0, 0.1) is 6.92 Å². The highest BCUT2D eigenvalue weighted by Crippen LogP contribution is 2.20. The predicted octanol–water partition coefficient (Wildman–Crippen LogP) is 4.41. The van der Waals surface area contributed by atoms with Crippen molar-refractivity contribution in [1.29, 1.82) is 0 Å². The molecular weight excluding hydrogens is 277 g/mol. The van der Waals surface area contributed by atoms with Crippen molar-refractivity contribution >= 4 is 23.2 Å². The second-order valence-electron chi connectivity index (χ2n) is 4.89. The minimum atomic E-state index is 0.0404. The molecule has 1 nitrogen and oxygen atoms in total. The molecule has 0 aliphatic carbocycles. The first-order chi connectivity index (χ1) is 9.04. The lowest BCUT2D eigenvalue weighted by atomic mass is 9.99. The highest BCUT2D eigenvalue weighted by Gasteiger charge is 2.08. The molecule has 0 bridgehead atoms. The van der Waals surface area contributed by atoms with E-state index in [2.05, 4.69) is 12.1 Å². The zero-order chi connectivity index (χ0) is 13.8. The van der Waals surface area contributed by atoms with Crippen LogP contribution in [0.15, 0.2) is 42.5 Å². The van der Waals surface area contributed by atoms with E-state index in [1.807, 2.05) is 37.3 Å². The summed E-state index contributed by atoms with van der Waals surface area (Å²) in [5.74, 6) is 0. The lowest BCUT2D eigenvalue weighted by Gasteiger charge is -2.13. The molecule has 1 atom stereocenters. The summed E-state index contributed by atoms with van der Waals surface area (Å²) in [6.07, 6.45) is 1.57. The van der Waals surface area contributed by atoms with Crippen LogP contribution in [-0.2, 0) is 12.8 Å². The second-order valence-corrected chi connectivity index (χ2v) is 5.74. The van der Waals surface area contributed by atoms with E-state index in [-0.39, 0.29) is 6.04 Å². The molecule has 0 amide bonds. The van der Waals surface area contributed by atoms with Crippen LogP contribution in [0.25, 0.3) is 0 Å². The van der Waals surface area contributed by atoms with E-state index in [1.165, 1.54) is 0 Å². The highest BCUT2D eigenvalue weighted by molar-refractivity contribution is 6.31. The molecule has 2 N–H and O–H groups in total. The minimum Gasteiger partial charge on any atom is -0.327 e. The van der Waals surface area contributed by atoms with Crippen LogP contribution >= 0.6 is 23.2 Å². The van der Waals surface area contributed by atoms with Crippen LogP contribution < -0.4 is 5.73 Å². The van der Waals surface area contributed by atoms with Gasteiger partial charge in [-0.3, -0.25) is 0 Å². The third kappa shape index (κ3) is 4.24. The Morgan fingerprint density at radius 2 is 1.84 bits per heavy atom. The lowest BCUT2D eigenvalue weighted by Crippen LogP contribution is -2.25. The quantitative estimate of drug-likeness (QED) is 0.887. The van der Waals surface area contributed by atoms with Gasteiger partial charge in [-0.05, 0) is 54.7 Å². The number of rotatable bonds is 4. The van der Waals surface area contributed by atoms with Gasteiger partial charge in [0.05, 0.1) is 0 Å². The van der Waals surface area contributed by atoms with Crippen LogP contribution in [0.3, 0.4) is 0 Å². The van der Waals surface area contributed by atoms with Crippen LogP contribution in [0.1, 0.15) is 16.7 Å². The van der Waals surface area contributed by atoms with Gasteiger partial charge in [0.25, 0.3) is 0 Å². The standard InChI is InChI=1S/C16H17Cl2N/c1-11-5-6-13(16(18)7-11)10-15(19)9-12-3-2-4-14(17)8-12/h2-8,15H,9-10,19H2,1H3. The Bertz CT molecular complexity index is 566. The third-order valence-corrected chi connectivity index (χ3v) is 3.66. The van der Waals surface area contributed by atoms with Crippen molar-refractivity contribution in [2.24, 2.45) is 5.73 Å². The number of benzene rings is 2. The molecule has 2 aromatic rings. The molecule has 1 unspecified atom stereocenters. The molecular formula is C16H17Cl2N. The van der Waals surface area contributed by atoms with Crippen LogP contribution in [0.5, 0.6) is 0 Å². The molecule has 3 heteroatoms. The van der Waals surface area contributed by atoms with Crippen LogP contribution in [0.4, 0.5) is 0 Å². The molecule has 0 fully saturated rings. The zero-order valence-electron chi connectivity index (χ0n) is 10.9. The van der Waals surface area contributed by atoms with E-state index < -0.39 is 0 Å². The molecule has 2 rings (SSSR count). The summed E-state index contributed by atoms with van der Waals surface area (Å²) in [4.78, 5) is 0. The largest absolute Gasteiger partial charge is 0.327 e. The van der Waals surface area contributed by atoms with Gasteiger partial charge in [-0.1, -0.05) is 47.5 Å². The maximum absolute atomic E-state index is 6.23. The van der Waals surface area contributed by atoms with Gasteiger partial charge in [0, 0.05) is 16.1 Å². The summed E-state index contributed by atoms with van der Waals surface area (Å²) in [5.41, 5.74) is 9.61. The van der Waals surface area contributed by atoms with E-state index in [0.29, 0.717) is 0 Å². The summed E-state index contributed by atoms with van der Waals surface area (Å²) in [6, 6.07) is 13.9. The van der Waals surface area contributed by atoms with Gasteiger partial charge >= 0.3 is 0 Å². The fourth-order valence-electron chi connectivity index (χ4n) is 2.14. The number of halogens is 2. The van der Waals surface area contributed by atoms with Crippen molar-refractivity contribution in [3.8, 4) is 0 Å². The van der Waals surface area contributed by atoms with E-state index >= 15 is 0 Å². The number of nitrogens with two attached hydrogens (primary N) is 1. The molecule has 0 spiro atoms. The fraction of sp³-hybridized carbons (Fsp3) is 0.250. The van der Waals surface area contributed by atoms with E-state index in [0.717, 1.165) is 39.6 Å². The van der Waals surface area contributed by atoms with Crippen molar-refractivity contribution in [2.45, 2.75) is 25.8 Å². The number of hydrogen-bond donors (Lipinski definition) is 1. The Morgan fingerprint density at radius 1 is 1.05 bits per heavy atom. The SMILES string of the molecule is Cc1ccc(CC(N)Cc2cccc(Cl)c2)c(Cl)c1. The summed E-state index contributed by atoms with van der Waals surface area (Å²) in [6.45, 7) is 2.03. The average molecular weight is 294 g/mol. The topological polar surface area (TPSA) is 26.0 Å². The van der Waals surface area contributed by atoms with Crippen molar-refractivity contribution in [3.63, 3.8) is 0 Å². The average Bonchev–Trinajstić information content (AvgIpc) is 2.33. The van der Waals surface area contributed by atoms with Crippen molar-refractivity contribution in [1.82, 2.24) is 0 Å². The molecule has 0 radical (unpaired) electrons. The summed E-state index contributed by atoms with van der Waals surface area (Å²) in [7, 11) is 0. The first-order valence-electron chi connectivity index (χ1n) is 6.29. The molecule has 100 valence electrons. The van der Waals surface area contributed by atoms with Gasteiger partial charge in [0.2, 0.25) is 0 Å². The van der Waals surface area contributed by atoms with Gasteiger partial charge in [-0.15, -0.1) is 0 Å². The molecule has 0 heterocycles. The molecule has 0 aliphatic heterocycles. The van der Waals surface area contributed by atoms with Crippen molar-refractivity contribution in [3.05, 3.63) is 69.2 Å². The van der Waals surface area contributed by atoms with Gasteiger partial charge in [-0.2, -0.15) is 0 Å². The van der Waals surface area contributed by atoms with Crippen molar-refractivity contribution in [2.75, 3.05) is 0 Å². The summed E-state index contributed by atoms with van der Waals surface area (Å²) >= 11 is 12.2. The Balaban J connectivity index is 2.03. The summed E-state index contributed by atoms with van der Waals surface area (Å²) in [5, 5.41) is 1.54. The molecule has 2 aromatic carbocycles. The molecule has 0 saturated carbocycles. The zero-order valence-corrected chi connectivity index (χ0v) is 12.4. The highest BCUT2D eigenvalue weighted by atomic mass is 35.5. The molecule has 0 aliphatic rings. The Morgan fingerprint density at radius 3 is 2.53 bits per heavy atom. The maximum atomic E-state index is 6.23. The van der Waals surface area contributed by atoms with Crippen LogP contribution in [0.2, 0.25) is 10.0 Å². The van der Waals surface area contributed by atoms with Gasteiger partial charge < -0.3 is 5.73 Å². The Labute approximate surface area is 124 Å². The molecule has 19 heavy (non-hydrogen) atoms. The maximum Gasteiger partial charge on any atom is 0.0441 e. The van der Waals surface area contributed by atoms with E-state index in [9.17, 15) is 0 Å². The lowest BCUT2D eigenvalue weighted by molar-refractivity contribution is 0.665. The normalized spacial score (nSPS) is 12.4. The first kappa shape index (κ1) is 14.4. The fourth-order valence-corrected chi connectivity index (χ4v) is 2.66. The van der Waals surface area contributed by atoms with E-state index in [4.69, 9.17) is 28.9 Å². The Kier molecular flexibility index (Phi) is 4.87. The van der Waals surface area contributed by atoms with E-state index in [1.54, 1.807) is 0 Å². The second kappa shape index (κ2) is 6.42. The number of aryl methyl sites for hydroxylation is 1. The third-order valence-electron chi connectivity index (χ3n) is 3.08. The van der Waals surface area contributed by atoms with Gasteiger partial charge in [-0.25, -0.2) is 0 Å². The molecule has 0 aromatic heterocycles. The van der Waals surface area contributed by atoms with Crippen molar-refractivity contribution < 1.29 is 0 Å². The first-order valence-corrected chi connectivity index (χ1v) is 7.05. The predicted molar refractivity (Wildman–Crippen MR) is 83.0 cm³/mol. The smallest absolute Gasteiger partial charge is 0.0441 e.